The highest BCUT2D eigenvalue weighted by atomic mass is 16.2. The van der Waals surface area contributed by atoms with Crippen LogP contribution in [0.5, 0.6) is 0 Å². The number of carbonyl (C=O) groups excluding carboxylic acids is 1. The van der Waals surface area contributed by atoms with Crippen LogP contribution in [0.3, 0.4) is 0 Å². The van der Waals surface area contributed by atoms with Gasteiger partial charge in [-0.15, -0.1) is 0 Å². The molecule has 0 fully saturated rings. The van der Waals surface area contributed by atoms with E-state index in [1.807, 2.05) is 0 Å². The van der Waals surface area contributed by atoms with Crippen molar-refractivity contribution in [2.75, 3.05) is 13.1 Å². The van der Waals surface area contributed by atoms with E-state index in [1.54, 1.807) is 0 Å². The molecule has 0 aromatic rings. The molecule has 0 saturated carbocycles. The second-order valence-electron chi connectivity index (χ2n) is 7.37. The van der Waals surface area contributed by atoms with Crippen LogP contribution in [0, 0.1) is 0 Å². The van der Waals surface area contributed by atoms with Crippen molar-refractivity contribution in [3.8, 4) is 0 Å². The average molecular weight is 340 g/mol. The smallest absolute Gasteiger partial charge is 0.222 e. The molecule has 24 heavy (non-hydrogen) atoms. The van der Waals surface area contributed by atoms with Crippen LogP contribution in [-0.2, 0) is 4.79 Å². The Bertz CT molecular complexity index is 257. The molecule has 1 amide bonds. The Kier molecular flexibility index (Phi) is 18.4. The predicted molar refractivity (Wildman–Crippen MR) is 107 cm³/mol. The fourth-order valence-corrected chi connectivity index (χ4v) is 3.16. The summed E-state index contributed by atoms with van der Waals surface area (Å²) >= 11 is 0. The molecule has 0 aliphatic carbocycles. The zero-order valence-corrected chi connectivity index (χ0v) is 17.1. The van der Waals surface area contributed by atoms with Crippen LogP contribution in [0.1, 0.15) is 124 Å². The van der Waals surface area contributed by atoms with Gasteiger partial charge in [0, 0.05) is 19.5 Å². The molecule has 0 aromatic carbocycles. The van der Waals surface area contributed by atoms with E-state index in [0.717, 1.165) is 38.8 Å². The first kappa shape index (κ1) is 23.5. The van der Waals surface area contributed by atoms with E-state index in [4.69, 9.17) is 0 Å². The minimum Gasteiger partial charge on any atom is -0.343 e. The topological polar surface area (TPSA) is 20.3 Å². The van der Waals surface area contributed by atoms with Crippen molar-refractivity contribution < 1.29 is 4.79 Å². The van der Waals surface area contributed by atoms with Crippen molar-refractivity contribution in [3.05, 3.63) is 0 Å². The molecule has 0 N–H and O–H groups in total. The number of unbranched alkanes of at least 4 members (excludes halogenated alkanes) is 12. The largest absolute Gasteiger partial charge is 0.343 e. The van der Waals surface area contributed by atoms with Crippen molar-refractivity contribution >= 4 is 5.91 Å². The van der Waals surface area contributed by atoms with Crippen molar-refractivity contribution in [3.63, 3.8) is 0 Å². The summed E-state index contributed by atoms with van der Waals surface area (Å²) in [4.78, 5) is 14.5. The van der Waals surface area contributed by atoms with Gasteiger partial charge in [-0.1, -0.05) is 97.8 Å². The van der Waals surface area contributed by atoms with Crippen molar-refractivity contribution in [1.29, 1.82) is 0 Å². The fourth-order valence-electron chi connectivity index (χ4n) is 3.16. The number of hydrogen-bond acceptors (Lipinski definition) is 1. The van der Waals surface area contributed by atoms with Gasteiger partial charge in [0.2, 0.25) is 5.91 Å². The monoisotopic (exact) mass is 339 g/mol. The molecule has 0 unspecified atom stereocenters. The van der Waals surface area contributed by atoms with Crippen LogP contribution in [0.4, 0.5) is 0 Å². The van der Waals surface area contributed by atoms with Crippen LogP contribution >= 0.6 is 0 Å². The van der Waals surface area contributed by atoms with Gasteiger partial charge in [0.05, 0.1) is 0 Å². The Balaban J connectivity index is 3.53. The van der Waals surface area contributed by atoms with E-state index in [1.165, 1.54) is 77.0 Å². The van der Waals surface area contributed by atoms with Gasteiger partial charge in [-0.2, -0.15) is 0 Å². The zero-order valence-electron chi connectivity index (χ0n) is 17.1. The summed E-state index contributed by atoms with van der Waals surface area (Å²) in [5, 5.41) is 0. The molecule has 144 valence electrons. The van der Waals surface area contributed by atoms with E-state index in [-0.39, 0.29) is 0 Å². The van der Waals surface area contributed by atoms with E-state index in [2.05, 4.69) is 25.7 Å². The second-order valence-corrected chi connectivity index (χ2v) is 7.37. The van der Waals surface area contributed by atoms with Gasteiger partial charge in [0.15, 0.2) is 0 Å². The highest BCUT2D eigenvalue weighted by molar-refractivity contribution is 5.76. The molecule has 0 radical (unpaired) electrons. The molecule has 0 aromatic heterocycles. The molecule has 0 heterocycles. The third-order valence-corrected chi connectivity index (χ3v) is 4.91. The summed E-state index contributed by atoms with van der Waals surface area (Å²) in [7, 11) is 0. The Morgan fingerprint density at radius 1 is 0.542 bits per heavy atom. The van der Waals surface area contributed by atoms with Crippen LogP contribution in [0.2, 0.25) is 0 Å². The van der Waals surface area contributed by atoms with E-state index in [9.17, 15) is 4.79 Å². The maximum Gasteiger partial charge on any atom is 0.222 e. The molecule has 2 heteroatoms. The third-order valence-electron chi connectivity index (χ3n) is 4.91. The van der Waals surface area contributed by atoms with E-state index in [0.29, 0.717) is 5.91 Å². The van der Waals surface area contributed by atoms with Gasteiger partial charge in [0.25, 0.3) is 0 Å². The number of amides is 1. The Morgan fingerprint density at radius 3 is 1.33 bits per heavy atom. The number of hydrogen-bond donors (Lipinski definition) is 0. The lowest BCUT2D eigenvalue weighted by atomic mass is 10.1. The van der Waals surface area contributed by atoms with Crippen molar-refractivity contribution in [1.82, 2.24) is 4.90 Å². The summed E-state index contributed by atoms with van der Waals surface area (Å²) in [5.41, 5.74) is 0. The van der Waals surface area contributed by atoms with Gasteiger partial charge in [-0.05, 0) is 19.3 Å². The zero-order chi connectivity index (χ0) is 17.9. The maximum absolute atomic E-state index is 12.3. The summed E-state index contributed by atoms with van der Waals surface area (Å²) < 4.78 is 0. The molecule has 0 aliphatic heterocycles. The number of carbonyl (C=O) groups is 1. The summed E-state index contributed by atoms with van der Waals surface area (Å²) in [6.45, 7) is 8.61. The van der Waals surface area contributed by atoms with E-state index >= 15 is 0 Å². The van der Waals surface area contributed by atoms with Gasteiger partial charge in [0.1, 0.15) is 0 Å². The maximum atomic E-state index is 12.3. The van der Waals surface area contributed by atoms with Crippen LogP contribution in [0.15, 0.2) is 0 Å². The Morgan fingerprint density at radius 2 is 0.917 bits per heavy atom. The van der Waals surface area contributed by atoms with Gasteiger partial charge in [-0.25, -0.2) is 0 Å². The molecule has 0 rings (SSSR count). The lowest BCUT2D eigenvalue weighted by Gasteiger charge is -2.22. The molecular formula is C22H45NO. The number of nitrogens with zero attached hydrogens (tertiary/aromatic N) is 1. The SMILES string of the molecule is CCCCCCCCCCCCCC(=O)N(CCCC)CCCC. The molecule has 0 aliphatic rings. The van der Waals surface area contributed by atoms with Crippen LogP contribution < -0.4 is 0 Å². The molecule has 0 bridgehead atoms. The van der Waals surface area contributed by atoms with Crippen molar-refractivity contribution in [2.24, 2.45) is 0 Å². The average Bonchev–Trinajstić information content (AvgIpc) is 2.59. The quantitative estimate of drug-likeness (QED) is 0.243. The Labute approximate surface area is 152 Å². The predicted octanol–water partition coefficient (Wildman–Crippen LogP) is 7.12. The minimum atomic E-state index is 0.396. The molecule has 2 nitrogen and oxygen atoms in total. The Hall–Kier alpha value is -0.530. The first-order chi connectivity index (χ1) is 11.8. The second kappa shape index (κ2) is 18.8. The highest BCUT2D eigenvalue weighted by Gasteiger charge is 2.11. The first-order valence-corrected chi connectivity index (χ1v) is 11.0. The molecule has 0 spiro atoms. The highest BCUT2D eigenvalue weighted by Crippen LogP contribution is 2.13. The molecule has 0 atom stereocenters. The third kappa shape index (κ3) is 15.0. The van der Waals surface area contributed by atoms with Crippen LogP contribution in [-0.4, -0.2) is 23.9 Å². The standard InChI is InChI=1S/C22H45NO/c1-4-7-10-11-12-13-14-15-16-17-18-19-22(24)23(20-8-5-2)21-9-6-3/h4-21H2,1-3H3. The van der Waals surface area contributed by atoms with Gasteiger partial charge >= 0.3 is 0 Å². The lowest BCUT2D eigenvalue weighted by molar-refractivity contribution is -0.131. The summed E-state index contributed by atoms with van der Waals surface area (Å²) in [6.07, 6.45) is 20.2. The first-order valence-electron chi connectivity index (χ1n) is 11.0. The summed E-state index contributed by atoms with van der Waals surface area (Å²) in [5.74, 6) is 0.396. The number of rotatable bonds is 18. The van der Waals surface area contributed by atoms with Crippen LogP contribution in [0.25, 0.3) is 0 Å². The molecular weight excluding hydrogens is 294 g/mol. The molecule has 0 saturated heterocycles. The lowest BCUT2D eigenvalue weighted by Crippen LogP contribution is -2.32. The fraction of sp³-hybridized carbons (Fsp3) is 0.955. The van der Waals surface area contributed by atoms with Gasteiger partial charge in [-0.3, -0.25) is 4.79 Å². The van der Waals surface area contributed by atoms with Crippen molar-refractivity contribution in [2.45, 2.75) is 124 Å². The van der Waals surface area contributed by atoms with E-state index < -0.39 is 0 Å². The minimum absolute atomic E-state index is 0.396. The normalized spacial score (nSPS) is 11.0. The van der Waals surface area contributed by atoms with Gasteiger partial charge < -0.3 is 4.90 Å². The summed E-state index contributed by atoms with van der Waals surface area (Å²) in [6, 6.07) is 0.